The van der Waals surface area contributed by atoms with Crippen molar-refractivity contribution in [3.05, 3.63) is 15.6 Å². The monoisotopic (exact) mass is 489 g/mol. The molecular formula is C13H23N5O15-2. The van der Waals surface area contributed by atoms with E-state index < -0.39 is 29.4 Å². The van der Waals surface area contributed by atoms with E-state index in [4.69, 9.17) is 43.2 Å². The van der Waals surface area contributed by atoms with Gasteiger partial charge in [-0.3, -0.25) is 48.2 Å². The van der Waals surface area contributed by atoms with Crippen LogP contribution in [0.1, 0.15) is 0 Å². The van der Waals surface area contributed by atoms with Crippen LogP contribution >= 0.6 is 0 Å². The first-order valence-electron chi connectivity index (χ1n) is 9.64. The van der Waals surface area contributed by atoms with Crippen molar-refractivity contribution >= 4 is 0 Å². The van der Waals surface area contributed by atoms with E-state index >= 15 is 0 Å². The molecular weight excluding hydrogens is 466 g/mol. The summed E-state index contributed by atoms with van der Waals surface area (Å²) < 4.78 is 16.3. The summed E-state index contributed by atoms with van der Waals surface area (Å²) in [5, 5.41) is 33.1. The van der Waals surface area contributed by atoms with Crippen LogP contribution in [-0.2, 0) is 57.7 Å². The largest absolute Gasteiger partial charge is 0.738 e. The van der Waals surface area contributed by atoms with Gasteiger partial charge in [-0.25, -0.2) is 0 Å². The quantitative estimate of drug-likeness (QED) is 0.162. The van der Waals surface area contributed by atoms with Crippen LogP contribution in [0.2, 0.25) is 0 Å². The van der Waals surface area contributed by atoms with E-state index in [1.807, 2.05) is 0 Å². The lowest BCUT2D eigenvalue weighted by molar-refractivity contribution is -1.14. The molecule has 20 nitrogen and oxygen atoms in total. The molecule has 0 aliphatic carbocycles. The fourth-order valence-electron chi connectivity index (χ4n) is 2.72. The smallest absolute Gasteiger partial charge is 0.219 e. The molecule has 20 heteroatoms. The molecule has 0 radical (unpaired) electrons. The molecule has 0 aromatic carbocycles. The number of hydroxylamine groups is 3. The Morgan fingerprint density at radius 3 is 1.91 bits per heavy atom. The summed E-state index contributed by atoms with van der Waals surface area (Å²) in [6.45, 7) is -0.922. The predicted octanol–water partition coefficient (Wildman–Crippen LogP) is -2.46. The van der Waals surface area contributed by atoms with Crippen LogP contribution in [0.25, 0.3) is 0 Å². The predicted molar refractivity (Wildman–Crippen MR) is 91.0 cm³/mol. The summed E-state index contributed by atoms with van der Waals surface area (Å²) in [6.07, 6.45) is -3.18. The Balaban J connectivity index is 1.38. The van der Waals surface area contributed by atoms with Crippen LogP contribution in [0.5, 0.6) is 0 Å². The molecule has 4 aliphatic rings. The molecule has 0 aromatic heterocycles. The van der Waals surface area contributed by atoms with Crippen molar-refractivity contribution in [1.29, 1.82) is 0 Å². The average Bonchev–Trinajstić information content (AvgIpc) is 3.59. The van der Waals surface area contributed by atoms with Crippen LogP contribution in [0, 0.1) is 15.6 Å². The van der Waals surface area contributed by atoms with Crippen LogP contribution in [-0.4, -0.2) is 105 Å². The van der Waals surface area contributed by atoms with E-state index in [0.29, 0.717) is 0 Å². The Kier molecular flexibility index (Phi) is 9.39. The number of hydrogen-bond acceptors (Lipinski definition) is 19. The maximum atomic E-state index is 11.1. The Morgan fingerprint density at radius 2 is 1.39 bits per heavy atom. The molecule has 4 rings (SSSR count). The fourth-order valence-corrected chi connectivity index (χ4v) is 2.72. The van der Waals surface area contributed by atoms with Gasteiger partial charge in [-0.05, 0) is 0 Å². The molecule has 4 heterocycles. The van der Waals surface area contributed by atoms with Gasteiger partial charge in [0.2, 0.25) is 32.8 Å². The standard InChI is InChI=1S/C13H23N5O15/c19-15-26-3-11(31-15)1-22-7-18(29-4-10-2-25-14-30-10,8-23-12-5-27-16(20)32-12)9-24-13-6-28-17(21)33-13/h10-14H,1-9H2/q-2. The number of nitrogens with one attached hydrogen (secondary N) is 1. The maximum Gasteiger partial charge on any atom is 0.219 e. The molecule has 0 saturated carbocycles. The normalized spacial score (nSPS) is 33.9. The first kappa shape index (κ1) is 25.3. The van der Waals surface area contributed by atoms with Crippen molar-refractivity contribution in [3.8, 4) is 0 Å². The van der Waals surface area contributed by atoms with E-state index in [9.17, 15) is 15.6 Å². The summed E-state index contributed by atoms with van der Waals surface area (Å²) in [7, 11) is 0. The Hall–Kier alpha value is -0.800. The van der Waals surface area contributed by atoms with Crippen molar-refractivity contribution in [2.24, 2.45) is 0 Å². The highest BCUT2D eigenvalue weighted by Crippen LogP contribution is 2.20. The Bertz CT molecular complexity index is 566. The third-order valence-electron chi connectivity index (χ3n) is 4.34. The molecule has 4 atom stereocenters. The lowest BCUT2D eigenvalue weighted by Gasteiger charge is -2.35. The molecule has 1 N–H and O–H groups in total. The molecule has 4 unspecified atom stereocenters. The van der Waals surface area contributed by atoms with Crippen molar-refractivity contribution in [3.63, 3.8) is 0 Å². The number of quaternary nitrogens is 1. The van der Waals surface area contributed by atoms with Gasteiger partial charge in [0.25, 0.3) is 0 Å². The molecule has 192 valence electrons. The van der Waals surface area contributed by atoms with Gasteiger partial charge in [0.1, 0.15) is 45.2 Å². The third kappa shape index (κ3) is 7.85. The fraction of sp³-hybridized carbons (Fsp3) is 1.00. The van der Waals surface area contributed by atoms with Gasteiger partial charge in [-0.1, -0.05) is 5.64 Å². The molecule has 4 aliphatic heterocycles. The van der Waals surface area contributed by atoms with Crippen LogP contribution in [0.3, 0.4) is 0 Å². The van der Waals surface area contributed by atoms with Gasteiger partial charge in [0, 0.05) is 0 Å². The summed E-state index contributed by atoms with van der Waals surface area (Å²) >= 11 is 0. The zero-order chi connectivity index (χ0) is 23.1. The van der Waals surface area contributed by atoms with E-state index in [1.54, 1.807) is 0 Å². The minimum atomic E-state index is -1.03. The first-order valence-corrected chi connectivity index (χ1v) is 9.64. The lowest BCUT2D eigenvalue weighted by atomic mass is 10.4. The number of ether oxygens (including phenoxy) is 3. The topological polar surface area (TPSA) is 202 Å². The molecule has 0 aromatic rings. The second-order valence-corrected chi connectivity index (χ2v) is 6.93. The van der Waals surface area contributed by atoms with E-state index in [2.05, 4.69) is 20.2 Å². The van der Waals surface area contributed by atoms with E-state index in [-0.39, 0.29) is 76.0 Å². The van der Waals surface area contributed by atoms with Crippen molar-refractivity contribution in [1.82, 2.24) is 21.8 Å². The highest BCUT2D eigenvalue weighted by atomic mass is 17.2. The minimum Gasteiger partial charge on any atom is -0.738 e. The summed E-state index contributed by atoms with van der Waals surface area (Å²) in [5.74, 6) is 0. The van der Waals surface area contributed by atoms with Crippen molar-refractivity contribution < 1.29 is 62.4 Å². The second-order valence-electron chi connectivity index (χ2n) is 6.93. The molecule has 0 spiro atoms. The average molecular weight is 489 g/mol. The van der Waals surface area contributed by atoms with Crippen LogP contribution in [0.4, 0.5) is 0 Å². The van der Waals surface area contributed by atoms with Gasteiger partial charge in [-0.15, -0.1) is 20.8 Å². The summed E-state index contributed by atoms with van der Waals surface area (Å²) in [6, 6.07) is 0. The van der Waals surface area contributed by atoms with Crippen molar-refractivity contribution in [2.45, 2.75) is 24.8 Å². The van der Waals surface area contributed by atoms with Crippen LogP contribution < -0.4 is 5.64 Å². The van der Waals surface area contributed by atoms with E-state index in [1.165, 1.54) is 0 Å². The summed E-state index contributed by atoms with van der Waals surface area (Å²) in [5.41, 5.74) is 2.26. The van der Waals surface area contributed by atoms with Crippen molar-refractivity contribution in [2.75, 3.05) is 59.8 Å². The van der Waals surface area contributed by atoms with Crippen LogP contribution in [0.15, 0.2) is 0 Å². The highest BCUT2D eigenvalue weighted by molar-refractivity contribution is 4.57. The van der Waals surface area contributed by atoms with E-state index in [0.717, 1.165) is 0 Å². The Morgan fingerprint density at radius 1 is 0.758 bits per heavy atom. The first-order chi connectivity index (χ1) is 16.0. The maximum absolute atomic E-state index is 11.1. The SMILES string of the molecule is [O-]N1OCC(COC[N+](COC2CON([O-])O2)(COC2CON([O-])O2)OCC2CONO2)O1. The van der Waals surface area contributed by atoms with Gasteiger partial charge >= 0.3 is 0 Å². The van der Waals surface area contributed by atoms with Gasteiger partial charge in [0.05, 0.1) is 6.61 Å². The molecule has 4 saturated heterocycles. The molecule has 4 fully saturated rings. The van der Waals surface area contributed by atoms with Gasteiger partial charge < -0.3 is 20.4 Å². The highest BCUT2D eigenvalue weighted by Gasteiger charge is 2.38. The van der Waals surface area contributed by atoms with Gasteiger partial charge in [0.15, 0.2) is 0 Å². The Labute approximate surface area is 185 Å². The zero-order valence-corrected chi connectivity index (χ0v) is 17.1. The molecule has 0 bridgehead atoms. The third-order valence-corrected chi connectivity index (χ3v) is 4.34. The zero-order valence-electron chi connectivity index (χ0n) is 17.1. The lowest BCUT2D eigenvalue weighted by Crippen LogP contribution is -2.55. The molecule has 33 heavy (non-hydrogen) atoms. The summed E-state index contributed by atoms with van der Waals surface area (Å²) in [4.78, 5) is 44.3. The molecule has 0 amide bonds. The van der Waals surface area contributed by atoms with Gasteiger partial charge in [-0.2, -0.15) is 4.84 Å². The number of hydrogen-bond donors (Lipinski definition) is 1. The minimum absolute atomic E-state index is 0.00451. The number of nitrogens with zero attached hydrogens (tertiary/aromatic N) is 4. The number of rotatable bonds is 13. The second kappa shape index (κ2) is 12.2.